The van der Waals surface area contributed by atoms with Crippen LogP contribution < -0.4 is 16.4 Å². The van der Waals surface area contributed by atoms with E-state index in [9.17, 15) is 14.4 Å². The van der Waals surface area contributed by atoms with Gasteiger partial charge in [0, 0.05) is 104 Å². The number of aromatic nitrogens is 2. The van der Waals surface area contributed by atoms with Gasteiger partial charge >= 0.3 is 18.2 Å². The zero-order chi connectivity index (χ0) is 40.7. The van der Waals surface area contributed by atoms with Gasteiger partial charge in [-0.1, -0.05) is 54.6 Å². The highest BCUT2D eigenvalue weighted by Gasteiger charge is 2.28. The van der Waals surface area contributed by atoms with Gasteiger partial charge in [-0.3, -0.25) is 0 Å². The van der Waals surface area contributed by atoms with Crippen LogP contribution in [0.25, 0.3) is 21.8 Å². The molecule has 4 amide bonds. The summed E-state index contributed by atoms with van der Waals surface area (Å²) < 4.78 is 15.7. The van der Waals surface area contributed by atoms with Crippen LogP contribution in [-0.4, -0.2) is 87.6 Å². The highest BCUT2D eigenvalue weighted by molar-refractivity contribution is 5.89. The summed E-state index contributed by atoms with van der Waals surface area (Å²) in [5.74, 6) is 0. The second-order valence-electron chi connectivity index (χ2n) is 16.7. The van der Waals surface area contributed by atoms with Gasteiger partial charge in [-0.15, -0.1) is 0 Å². The molecular formula is C45H59N7O5. The normalized spacial score (nSPS) is 14.4. The number of anilines is 1. The van der Waals surface area contributed by atoms with Crippen molar-refractivity contribution in [1.82, 2.24) is 24.3 Å². The van der Waals surface area contributed by atoms with Crippen molar-refractivity contribution in [2.75, 3.05) is 44.6 Å². The van der Waals surface area contributed by atoms with E-state index in [0.29, 0.717) is 45.8 Å². The summed E-state index contributed by atoms with van der Waals surface area (Å²) in [4.78, 5) is 40.9. The van der Waals surface area contributed by atoms with E-state index in [1.807, 2.05) is 82.8 Å². The van der Waals surface area contributed by atoms with Crippen molar-refractivity contribution >= 4 is 45.7 Å². The fourth-order valence-electron chi connectivity index (χ4n) is 7.82. The van der Waals surface area contributed by atoms with Crippen LogP contribution >= 0.6 is 0 Å². The molecule has 4 N–H and O–H groups in total. The van der Waals surface area contributed by atoms with Gasteiger partial charge in [0.1, 0.15) is 11.2 Å². The summed E-state index contributed by atoms with van der Waals surface area (Å²) >= 11 is 0. The molecule has 0 saturated heterocycles. The fourth-order valence-corrected chi connectivity index (χ4v) is 7.82. The lowest BCUT2D eigenvalue weighted by molar-refractivity contribution is 0.0247. The highest BCUT2D eigenvalue weighted by atomic mass is 16.6. The standard InChI is InChI=1S/C26H32N4O3.C19H27N3O2/c1-26(2,3)33-25(32)29-16-13-21-20-11-7-8-12-22(20)30(23(21)14-17-29)18-15-27-24(31)28-19-9-5-4-6-10-19;1-19(2,3)24-18(23)21-11-8-15-14-6-4-5-7-16(14)22(13-10-20)17(15)9-12-21/h4-12H,13-18H2,1-3H3,(H2,27,28,31);4-7H,8-13,20H2,1-3H3. The van der Waals surface area contributed by atoms with E-state index in [4.69, 9.17) is 15.2 Å². The predicted octanol–water partition coefficient (Wildman–Crippen LogP) is 7.73. The number of urea groups is 1. The molecule has 0 radical (unpaired) electrons. The summed E-state index contributed by atoms with van der Waals surface area (Å²) in [6.45, 7) is 16.6. The van der Waals surface area contributed by atoms with Gasteiger partial charge in [0.15, 0.2) is 0 Å². The molecule has 12 heteroatoms. The van der Waals surface area contributed by atoms with E-state index < -0.39 is 11.2 Å². The van der Waals surface area contributed by atoms with Gasteiger partial charge in [0.2, 0.25) is 0 Å². The molecule has 2 aliphatic heterocycles. The van der Waals surface area contributed by atoms with Crippen molar-refractivity contribution in [3.63, 3.8) is 0 Å². The number of ether oxygens (including phenoxy) is 2. The third-order valence-corrected chi connectivity index (χ3v) is 10.2. The molecule has 7 rings (SSSR count). The van der Waals surface area contributed by atoms with Crippen LogP contribution in [0.1, 0.15) is 64.1 Å². The Morgan fingerprint density at radius 1 is 0.614 bits per heavy atom. The first-order chi connectivity index (χ1) is 27.2. The first kappa shape index (κ1) is 41.2. The minimum absolute atomic E-state index is 0.220. The molecule has 0 atom stereocenters. The molecule has 3 aromatic carbocycles. The molecule has 0 aliphatic carbocycles. The van der Waals surface area contributed by atoms with E-state index in [2.05, 4.69) is 62.2 Å². The van der Waals surface area contributed by atoms with Crippen LogP contribution in [0, 0.1) is 0 Å². The van der Waals surface area contributed by atoms with E-state index in [1.54, 1.807) is 4.90 Å². The molecule has 0 unspecified atom stereocenters. The minimum atomic E-state index is -0.510. The van der Waals surface area contributed by atoms with Crippen LogP contribution in [-0.2, 0) is 48.2 Å². The van der Waals surface area contributed by atoms with Crippen LogP contribution in [0.5, 0.6) is 0 Å². The topological polar surface area (TPSA) is 136 Å². The van der Waals surface area contributed by atoms with E-state index in [1.165, 1.54) is 44.3 Å². The molecule has 0 fully saturated rings. The molecule has 57 heavy (non-hydrogen) atoms. The van der Waals surface area contributed by atoms with Gasteiger partial charge in [-0.25, -0.2) is 14.4 Å². The number of carbonyl (C=O) groups excluding carboxylic acids is 3. The fraction of sp³-hybridized carbons (Fsp3) is 0.444. The molecule has 2 aliphatic rings. The van der Waals surface area contributed by atoms with Crippen LogP contribution in [0.3, 0.4) is 0 Å². The molecule has 0 saturated carbocycles. The minimum Gasteiger partial charge on any atom is -0.444 e. The van der Waals surface area contributed by atoms with Crippen molar-refractivity contribution < 1.29 is 23.9 Å². The second-order valence-corrected chi connectivity index (χ2v) is 16.7. The van der Waals surface area contributed by atoms with Gasteiger partial charge in [-0.2, -0.15) is 0 Å². The Balaban J connectivity index is 0.000000203. The Hall–Kier alpha value is -5.49. The number of nitrogens with two attached hydrogens (primary N) is 1. The van der Waals surface area contributed by atoms with Crippen LogP contribution in [0.15, 0.2) is 78.9 Å². The molecule has 0 spiro atoms. The first-order valence-corrected chi connectivity index (χ1v) is 20.2. The van der Waals surface area contributed by atoms with Crippen LogP contribution in [0.4, 0.5) is 20.1 Å². The Labute approximate surface area is 336 Å². The number of para-hydroxylation sites is 3. The SMILES string of the molecule is CC(C)(C)OC(=O)N1CCc2c(n(CCN)c3ccccc23)CC1.CC(C)(C)OC(=O)N1CCc2c(n(CCNC(=O)Nc3ccccc3)c3ccccc23)CC1. The van der Waals surface area contributed by atoms with Crippen molar-refractivity contribution in [2.24, 2.45) is 5.73 Å². The quantitative estimate of drug-likeness (QED) is 0.162. The number of rotatable bonds is 6. The van der Waals surface area contributed by atoms with Gasteiger partial charge in [0.25, 0.3) is 0 Å². The zero-order valence-corrected chi connectivity index (χ0v) is 34.4. The van der Waals surface area contributed by atoms with Crippen molar-refractivity contribution in [3.8, 4) is 0 Å². The maximum absolute atomic E-state index is 12.6. The number of carbonyl (C=O) groups is 3. The summed E-state index contributed by atoms with van der Waals surface area (Å²) in [5, 5.41) is 8.30. The van der Waals surface area contributed by atoms with E-state index in [0.717, 1.165) is 37.9 Å². The smallest absolute Gasteiger partial charge is 0.410 e. The van der Waals surface area contributed by atoms with E-state index in [-0.39, 0.29) is 18.2 Å². The van der Waals surface area contributed by atoms with Crippen molar-refractivity contribution in [1.29, 1.82) is 0 Å². The summed E-state index contributed by atoms with van der Waals surface area (Å²) in [5.41, 5.74) is 13.2. The third-order valence-electron chi connectivity index (χ3n) is 10.2. The van der Waals surface area contributed by atoms with Crippen LogP contribution in [0.2, 0.25) is 0 Å². The number of benzene rings is 3. The Bertz CT molecular complexity index is 2180. The summed E-state index contributed by atoms with van der Waals surface area (Å²) in [7, 11) is 0. The van der Waals surface area contributed by atoms with Crippen molar-refractivity contribution in [2.45, 2.75) is 91.5 Å². The summed E-state index contributed by atoms with van der Waals surface area (Å²) in [6, 6.07) is 26.0. The van der Waals surface area contributed by atoms with Crippen molar-refractivity contribution in [3.05, 3.63) is 101 Å². The molecule has 304 valence electrons. The molecule has 5 aromatic rings. The number of fused-ring (bicyclic) bond motifs is 6. The zero-order valence-electron chi connectivity index (χ0n) is 34.4. The monoisotopic (exact) mass is 777 g/mol. The molecule has 2 aromatic heterocycles. The first-order valence-electron chi connectivity index (χ1n) is 20.2. The number of nitrogens with zero attached hydrogens (tertiary/aromatic N) is 4. The largest absolute Gasteiger partial charge is 0.444 e. The van der Waals surface area contributed by atoms with E-state index >= 15 is 0 Å². The highest BCUT2D eigenvalue weighted by Crippen LogP contribution is 2.31. The summed E-state index contributed by atoms with van der Waals surface area (Å²) in [6.07, 6.45) is 2.74. The average molecular weight is 778 g/mol. The Kier molecular flexibility index (Phi) is 12.8. The Morgan fingerprint density at radius 3 is 1.53 bits per heavy atom. The third kappa shape index (κ3) is 10.3. The lowest BCUT2D eigenvalue weighted by atomic mass is 10.1. The Morgan fingerprint density at radius 2 is 1.05 bits per heavy atom. The van der Waals surface area contributed by atoms with Gasteiger partial charge < -0.3 is 44.8 Å². The molecule has 4 heterocycles. The molecule has 12 nitrogen and oxygen atoms in total. The molecular weight excluding hydrogens is 719 g/mol. The maximum Gasteiger partial charge on any atom is 0.410 e. The maximum atomic E-state index is 12.6. The lowest BCUT2D eigenvalue weighted by Gasteiger charge is -2.26. The average Bonchev–Trinajstić information content (AvgIpc) is 3.37. The predicted molar refractivity (Wildman–Crippen MR) is 227 cm³/mol. The second kappa shape index (κ2) is 17.8. The number of nitrogens with one attached hydrogen (secondary N) is 2. The van der Waals surface area contributed by atoms with Gasteiger partial charge in [0.05, 0.1) is 0 Å². The number of hydrogen-bond donors (Lipinski definition) is 3. The number of hydrogen-bond acceptors (Lipinski definition) is 6. The van der Waals surface area contributed by atoms with Gasteiger partial charge in [-0.05, 0) is 89.8 Å². The number of amides is 4. The lowest BCUT2D eigenvalue weighted by Crippen LogP contribution is -2.38. The molecule has 0 bridgehead atoms.